The number of rotatable bonds is 9. The third-order valence-electron chi connectivity index (χ3n) is 7.23. The first-order chi connectivity index (χ1) is 15.9. The number of nitrogens with zero attached hydrogens (tertiary/aromatic N) is 3. The van der Waals surface area contributed by atoms with E-state index in [1.165, 1.54) is 4.31 Å². The van der Waals surface area contributed by atoms with Crippen molar-refractivity contribution in [1.29, 1.82) is 0 Å². The third kappa shape index (κ3) is 4.99. The zero-order chi connectivity index (χ0) is 23.5. The number of anilines is 1. The molecule has 4 rings (SSSR count). The number of likely N-dealkylation sites (tertiary alicyclic amines) is 1. The molecule has 3 fully saturated rings. The van der Waals surface area contributed by atoms with Crippen LogP contribution in [0.2, 0.25) is 0 Å². The number of nitrogens with one attached hydrogen (secondary N) is 1. The van der Waals surface area contributed by atoms with E-state index in [1.807, 2.05) is 24.3 Å². The third-order valence-corrected chi connectivity index (χ3v) is 9.85. The minimum Gasteiger partial charge on any atom is -0.494 e. The Morgan fingerprint density at radius 3 is 2.27 bits per heavy atom. The molecule has 1 aliphatic carbocycles. The first-order valence-corrected chi connectivity index (χ1v) is 13.5. The van der Waals surface area contributed by atoms with Gasteiger partial charge in [0, 0.05) is 51.0 Å². The molecule has 3 aliphatic rings. The Labute approximate surface area is 196 Å². The van der Waals surface area contributed by atoms with Gasteiger partial charge in [-0.3, -0.25) is 10.0 Å². The van der Waals surface area contributed by atoms with Crippen LogP contribution in [0.25, 0.3) is 0 Å². The summed E-state index contributed by atoms with van der Waals surface area (Å²) in [6.07, 6.45) is 4.80. The molecule has 1 amide bonds. The maximum atomic E-state index is 13.7. The monoisotopic (exact) mass is 480 g/mol. The highest BCUT2D eigenvalue weighted by molar-refractivity contribution is 7.91. The van der Waals surface area contributed by atoms with Crippen molar-refractivity contribution in [3.05, 3.63) is 24.3 Å². The quantitative estimate of drug-likeness (QED) is 0.316. The molecule has 0 spiro atoms. The van der Waals surface area contributed by atoms with E-state index >= 15 is 0 Å². The molecule has 2 heterocycles. The van der Waals surface area contributed by atoms with Gasteiger partial charge in [-0.25, -0.2) is 13.9 Å². The van der Waals surface area contributed by atoms with Crippen LogP contribution in [0.1, 0.15) is 45.4 Å². The molecule has 1 aromatic rings. The summed E-state index contributed by atoms with van der Waals surface area (Å²) < 4.78 is 32.9. The molecule has 184 valence electrons. The van der Waals surface area contributed by atoms with Crippen molar-refractivity contribution < 1.29 is 23.2 Å². The molecule has 1 aromatic carbocycles. The van der Waals surface area contributed by atoms with Crippen molar-refractivity contribution in [3.63, 3.8) is 0 Å². The Bertz CT molecular complexity index is 903. The molecule has 0 atom stereocenters. The molecule has 0 bridgehead atoms. The summed E-state index contributed by atoms with van der Waals surface area (Å²) in [5, 5.41) is 9.37. The van der Waals surface area contributed by atoms with E-state index in [0.29, 0.717) is 51.9 Å². The number of unbranched alkanes of at least 4 members (excludes halogenated alkanes) is 1. The Kier molecular flexibility index (Phi) is 7.47. The lowest BCUT2D eigenvalue weighted by molar-refractivity contribution is -0.133. The second-order valence-electron chi connectivity index (χ2n) is 9.29. The molecular weight excluding hydrogens is 444 g/mol. The van der Waals surface area contributed by atoms with E-state index in [2.05, 4.69) is 16.7 Å². The second kappa shape index (κ2) is 10.2. The molecule has 2 N–H and O–H groups in total. The fourth-order valence-electron chi connectivity index (χ4n) is 4.92. The van der Waals surface area contributed by atoms with Gasteiger partial charge >= 0.3 is 0 Å². The van der Waals surface area contributed by atoms with E-state index in [4.69, 9.17) is 4.74 Å². The smallest absolute Gasteiger partial charge is 0.266 e. The summed E-state index contributed by atoms with van der Waals surface area (Å²) in [4.78, 5) is 17.1. The fourth-order valence-corrected chi connectivity index (χ4v) is 7.03. The molecular formula is C23H36N4O5S. The minimum absolute atomic E-state index is 0.206. The minimum atomic E-state index is -3.92. The number of hydrogen-bond acceptors (Lipinski definition) is 7. The van der Waals surface area contributed by atoms with Gasteiger partial charge in [0.1, 0.15) is 5.75 Å². The number of piperazine rings is 1. The number of amides is 1. The summed E-state index contributed by atoms with van der Waals surface area (Å²) in [6.45, 7) is 5.65. The van der Waals surface area contributed by atoms with E-state index in [1.54, 1.807) is 5.48 Å². The SMILES string of the molecule is CCCCOc1ccc(N2CCN(S(=O)(=O)C3(C(=O)NO)CCN(C4CC4)CC3)CC2)cc1. The van der Waals surface area contributed by atoms with Crippen molar-refractivity contribution in [2.75, 3.05) is 50.8 Å². The van der Waals surface area contributed by atoms with Crippen molar-refractivity contribution in [3.8, 4) is 5.75 Å². The second-order valence-corrected chi connectivity index (χ2v) is 11.5. The van der Waals surface area contributed by atoms with Gasteiger partial charge in [0.25, 0.3) is 5.91 Å². The Morgan fingerprint density at radius 1 is 1.09 bits per heavy atom. The number of benzene rings is 1. The summed E-state index contributed by atoms with van der Waals surface area (Å²) >= 11 is 0. The van der Waals surface area contributed by atoms with Crippen LogP contribution in [0.15, 0.2) is 24.3 Å². The van der Waals surface area contributed by atoms with Crippen molar-refractivity contribution in [1.82, 2.24) is 14.7 Å². The molecule has 2 aliphatic heterocycles. The maximum Gasteiger partial charge on any atom is 0.266 e. The van der Waals surface area contributed by atoms with Crippen LogP contribution in [0.3, 0.4) is 0 Å². The van der Waals surface area contributed by atoms with Gasteiger partial charge in [-0.1, -0.05) is 13.3 Å². The van der Waals surface area contributed by atoms with Crippen LogP contribution in [-0.4, -0.2) is 85.4 Å². The topological polar surface area (TPSA) is 102 Å². The molecule has 0 unspecified atom stereocenters. The van der Waals surface area contributed by atoms with Crippen molar-refractivity contribution >= 4 is 21.6 Å². The highest BCUT2D eigenvalue weighted by atomic mass is 32.2. The van der Waals surface area contributed by atoms with Gasteiger partial charge in [-0.2, -0.15) is 4.31 Å². The summed E-state index contributed by atoms with van der Waals surface area (Å²) in [5.74, 6) is 0.0296. The Morgan fingerprint density at radius 2 is 1.73 bits per heavy atom. The number of sulfonamides is 1. The average molecular weight is 481 g/mol. The maximum absolute atomic E-state index is 13.7. The zero-order valence-electron chi connectivity index (χ0n) is 19.4. The van der Waals surface area contributed by atoms with Crippen LogP contribution in [-0.2, 0) is 14.8 Å². The van der Waals surface area contributed by atoms with Crippen molar-refractivity contribution in [2.24, 2.45) is 0 Å². The summed E-state index contributed by atoms with van der Waals surface area (Å²) in [5.41, 5.74) is 2.68. The first-order valence-electron chi connectivity index (χ1n) is 12.1. The molecule has 33 heavy (non-hydrogen) atoms. The zero-order valence-corrected chi connectivity index (χ0v) is 20.2. The average Bonchev–Trinajstić information content (AvgIpc) is 3.70. The summed E-state index contributed by atoms with van der Waals surface area (Å²) in [7, 11) is -3.92. The number of piperidine rings is 1. The number of hydrogen-bond donors (Lipinski definition) is 2. The van der Waals surface area contributed by atoms with Gasteiger partial charge in [0.05, 0.1) is 6.61 Å². The lowest BCUT2D eigenvalue weighted by atomic mass is 9.95. The normalized spacial score (nSPS) is 22.2. The molecule has 0 aromatic heterocycles. The number of ether oxygens (including phenoxy) is 1. The van der Waals surface area contributed by atoms with E-state index in [-0.39, 0.29) is 12.8 Å². The molecule has 0 radical (unpaired) electrons. The van der Waals surface area contributed by atoms with Crippen LogP contribution in [0, 0.1) is 0 Å². The standard InChI is InChI=1S/C23H36N4O5S/c1-2-3-18-32-21-8-6-20(7-9-21)26-14-16-27(17-15-26)33(30,31)23(22(28)24-29)10-12-25(13-11-23)19-4-5-19/h6-9,19,29H,2-5,10-18H2,1H3,(H,24,28). The van der Waals surface area contributed by atoms with Crippen LogP contribution in [0.5, 0.6) is 5.75 Å². The predicted octanol–water partition coefficient (Wildman–Crippen LogP) is 1.82. The van der Waals surface area contributed by atoms with Crippen LogP contribution in [0.4, 0.5) is 5.69 Å². The molecule has 1 saturated carbocycles. The van der Waals surface area contributed by atoms with E-state index in [0.717, 1.165) is 37.1 Å². The summed E-state index contributed by atoms with van der Waals surface area (Å²) in [6, 6.07) is 8.42. The van der Waals surface area contributed by atoms with E-state index in [9.17, 15) is 18.4 Å². The van der Waals surface area contributed by atoms with Gasteiger partial charge < -0.3 is 14.5 Å². The molecule has 9 nitrogen and oxygen atoms in total. The van der Waals surface area contributed by atoms with Gasteiger partial charge in [0.2, 0.25) is 10.0 Å². The number of hydroxylamine groups is 1. The lowest BCUT2D eigenvalue weighted by Crippen LogP contribution is -2.63. The lowest BCUT2D eigenvalue weighted by Gasteiger charge is -2.44. The fraction of sp³-hybridized carbons (Fsp3) is 0.696. The highest BCUT2D eigenvalue weighted by Crippen LogP contribution is 2.38. The number of carbonyl (C=O) groups excluding carboxylic acids is 1. The van der Waals surface area contributed by atoms with Gasteiger partial charge in [0.15, 0.2) is 4.75 Å². The van der Waals surface area contributed by atoms with Crippen LogP contribution >= 0.6 is 0 Å². The van der Waals surface area contributed by atoms with Gasteiger partial charge in [-0.05, 0) is 56.4 Å². The number of carbonyl (C=O) groups is 1. The first kappa shape index (κ1) is 24.3. The van der Waals surface area contributed by atoms with Crippen molar-refractivity contribution in [2.45, 2.75) is 56.2 Å². The van der Waals surface area contributed by atoms with Gasteiger partial charge in [-0.15, -0.1) is 0 Å². The van der Waals surface area contributed by atoms with Crippen LogP contribution < -0.4 is 15.1 Å². The largest absolute Gasteiger partial charge is 0.494 e. The van der Waals surface area contributed by atoms with E-state index < -0.39 is 20.7 Å². The molecule has 10 heteroatoms. The highest BCUT2D eigenvalue weighted by Gasteiger charge is 2.55. The Balaban J connectivity index is 1.39. The predicted molar refractivity (Wildman–Crippen MR) is 126 cm³/mol. The molecule has 2 saturated heterocycles. The Hall–Kier alpha value is -1.88.